The predicted octanol–water partition coefficient (Wildman–Crippen LogP) is 1.91. The van der Waals surface area contributed by atoms with Crippen LogP contribution in [0.4, 0.5) is 13.2 Å². The molecule has 1 rings (SSSR count). The minimum atomic E-state index is -4.55. The number of alkyl halides is 3. The molecular formula is C11H12F3N3O. The predicted molar refractivity (Wildman–Crippen MR) is 58.0 cm³/mol. The maximum atomic E-state index is 12.4. The molecule has 0 aromatic carbocycles. The summed E-state index contributed by atoms with van der Waals surface area (Å²) in [6.45, 7) is 0.679. The molecule has 0 saturated carbocycles. The van der Waals surface area contributed by atoms with Gasteiger partial charge in [-0.15, -0.1) is 0 Å². The summed E-state index contributed by atoms with van der Waals surface area (Å²) in [5.74, 6) is -0.283. The van der Waals surface area contributed by atoms with E-state index in [1.807, 2.05) is 0 Å². The Balaban J connectivity index is 2.90. The van der Waals surface area contributed by atoms with E-state index in [4.69, 9.17) is 10.00 Å². The number of ether oxygens (including phenoxy) is 1. The average molecular weight is 259 g/mol. The largest absolute Gasteiger partial charge is 0.475 e. The monoisotopic (exact) mass is 259 g/mol. The fourth-order valence-corrected chi connectivity index (χ4v) is 1.12. The zero-order valence-electron chi connectivity index (χ0n) is 9.95. The molecule has 0 aliphatic rings. The summed E-state index contributed by atoms with van der Waals surface area (Å²) in [5, 5.41) is 8.76. The Labute approximate surface area is 103 Å². The van der Waals surface area contributed by atoms with Crippen LogP contribution in [0.2, 0.25) is 0 Å². The topological polar surface area (TPSA) is 49.1 Å². The number of halogens is 3. The van der Waals surface area contributed by atoms with E-state index in [9.17, 15) is 13.2 Å². The van der Waals surface area contributed by atoms with Crippen LogP contribution in [0.5, 0.6) is 5.88 Å². The van der Waals surface area contributed by atoms with E-state index in [1.165, 1.54) is 0 Å². The highest BCUT2D eigenvalue weighted by molar-refractivity contribution is 5.39. The highest BCUT2D eigenvalue weighted by atomic mass is 19.4. The second-order valence-corrected chi connectivity index (χ2v) is 3.81. The van der Waals surface area contributed by atoms with Gasteiger partial charge in [-0.25, -0.2) is 4.98 Å². The van der Waals surface area contributed by atoms with E-state index in [-0.39, 0.29) is 18.1 Å². The van der Waals surface area contributed by atoms with Crippen LogP contribution in [0.3, 0.4) is 0 Å². The van der Waals surface area contributed by atoms with Crippen molar-refractivity contribution in [3.8, 4) is 11.9 Å². The molecule has 1 aromatic rings. The molecule has 0 unspecified atom stereocenters. The van der Waals surface area contributed by atoms with Gasteiger partial charge in [-0.05, 0) is 26.2 Å². The Bertz CT molecular complexity index is 452. The summed E-state index contributed by atoms with van der Waals surface area (Å²) in [6.07, 6.45) is -4.55. The first kappa shape index (κ1) is 14.3. The Kier molecular flexibility index (Phi) is 4.50. The highest BCUT2D eigenvalue weighted by Gasteiger charge is 2.33. The summed E-state index contributed by atoms with van der Waals surface area (Å²) >= 11 is 0. The molecule has 0 amide bonds. The molecule has 0 saturated heterocycles. The molecule has 98 valence electrons. The van der Waals surface area contributed by atoms with Crippen LogP contribution in [0.1, 0.15) is 11.3 Å². The second-order valence-electron chi connectivity index (χ2n) is 3.81. The van der Waals surface area contributed by atoms with Gasteiger partial charge < -0.3 is 9.64 Å². The number of aromatic nitrogens is 1. The van der Waals surface area contributed by atoms with Gasteiger partial charge in [-0.2, -0.15) is 18.4 Å². The molecule has 0 N–H and O–H groups in total. The summed E-state index contributed by atoms with van der Waals surface area (Å²) < 4.78 is 42.4. The number of nitriles is 1. The first-order valence-electron chi connectivity index (χ1n) is 5.10. The lowest BCUT2D eigenvalue weighted by molar-refractivity contribution is -0.141. The zero-order chi connectivity index (χ0) is 13.8. The second kappa shape index (κ2) is 5.69. The standard InChI is InChI=1S/C11H12F3N3O/c1-17(2)5-6-18-10-8(7-15)3-4-9(16-10)11(12,13)14/h3-4H,5-6H2,1-2H3. The van der Waals surface area contributed by atoms with Crippen LogP contribution >= 0.6 is 0 Å². The van der Waals surface area contributed by atoms with Crippen LogP contribution in [0, 0.1) is 11.3 Å². The first-order valence-corrected chi connectivity index (χ1v) is 5.10. The van der Waals surface area contributed by atoms with Gasteiger partial charge in [-0.1, -0.05) is 0 Å². The van der Waals surface area contributed by atoms with Crippen LogP contribution < -0.4 is 4.74 Å². The van der Waals surface area contributed by atoms with Crippen LogP contribution in [-0.4, -0.2) is 37.1 Å². The lowest BCUT2D eigenvalue weighted by atomic mass is 10.2. The Morgan fingerprint density at radius 1 is 1.39 bits per heavy atom. The molecule has 0 aliphatic heterocycles. The third-order valence-corrected chi connectivity index (χ3v) is 2.05. The lowest BCUT2D eigenvalue weighted by Crippen LogP contribution is -2.20. The Morgan fingerprint density at radius 3 is 2.56 bits per heavy atom. The van der Waals surface area contributed by atoms with Gasteiger partial charge in [0, 0.05) is 6.54 Å². The third kappa shape index (κ3) is 3.89. The number of likely N-dealkylation sites (N-methyl/N-ethyl adjacent to an activating group) is 1. The van der Waals surface area contributed by atoms with Gasteiger partial charge in [-0.3, -0.25) is 0 Å². The molecule has 7 heteroatoms. The molecule has 1 heterocycles. The zero-order valence-corrected chi connectivity index (χ0v) is 9.95. The van der Waals surface area contributed by atoms with Crippen molar-refractivity contribution in [3.63, 3.8) is 0 Å². The molecule has 4 nitrogen and oxygen atoms in total. The summed E-state index contributed by atoms with van der Waals surface area (Å²) in [6, 6.07) is 3.56. The molecule has 0 bridgehead atoms. The number of nitrogens with zero attached hydrogens (tertiary/aromatic N) is 3. The van der Waals surface area contributed by atoms with Crippen LogP contribution in [-0.2, 0) is 6.18 Å². The maximum Gasteiger partial charge on any atom is 0.433 e. The highest BCUT2D eigenvalue weighted by Crippen LogP contribution is 2.29. The van der Waals surface area contributed by atoms with E-state index in [0.717, 1.165) is 12.1 Å². The minimum absolute atomic E-state index is 0.0123. The van der Waals surface area contributed by atoms with Crippen molar-refractivity contribution in [2.24, 2.45) is 0 Å². The minimum Gasteiger partial charge on any atom is -0.475 e. The lowest BCUT2D eigenvalue weighted by Gasteiger charge is -2.12. The fraction of sp³-hybridized carbons (Fsp3) is 0.455. The van der Waals surface area contributed by atoms with Crippen molar-refractivity contribution in [2.75, 3.05) is 27.2 Å². The van der Waals surface area contributed by atoms with Gasteiger partial charge in [0.1, 0.15) is 23.9 Å². The number of hydrogen-bond donors (Lipinski definition) is 0. The molecule has 0 fully saturated rings. The normalized spacial score (nSPS) is 11.4. The number of pyridine rings is 1. The summed E-state index contributed by atoms with van der Waals surface area (Å²) in [7, 11) is 3.60. The van der Waals surface area contributed by atoms with Gasteiger partial charge in [0.2, 0.25) is 5.88 Å². The van der Waals surface area contributed by atoms with Crippen molar-refractivity contribution in [3.05, 3.63) is 23.4 Å². The molecule has 0 aliphatic carbocycles. The average Bonchev–Trinajstić information content (AvgIpc) is 2.27. The van der Waals surface area contributed by atoms with Gasteiger partial charge in [0.05, 0.1) is 0 Å². The van der Waals surface area contributed by atoms with Gasteiger partial charge >= 0.3 is 6.18 Å². The van der Waals surface area contributed by atoms with Crippen LogP contribution in [0.25, 0.3) is 0 Å². The van der Waals surface area contributed by atoms with Crippen molar-refractivity contribution < 1.29 is 17.9 Å². The fourth-order valence-electron chi connectivity index (χ4n) is 1.12. The SMILES string of the molecule is CN(C)CCOc1nc(C(F)(F)F)ccc1C#N. The quantitative estimate of drug-likeness (QED) is 0.828. The van der Waals surface area contributed by atoms with E-state index < -0.39 is 11.9 Å². The van der Waals surface area contributed by atoms with Gasteiger partial charge in [0.15, 0.2) is 0 Å². The Morgan fingerprint density at radius 2 is 2.06 bits per heavy atom. The number of rotatable bonds is 4. The molecule has 1 aromatic heterocycles. The molecular weight excluding hydrogens is 247 g/mol. The van der Waals surface area contributed by atoms with Crippen LogP contribution in [0.15, 0.2) is 12.1 Å². The van der Waals surface area contributed by atoms with Crippen molar-refractivity contribution in [1.82, 2.24) is 9.88 Å². The molecule has 0 atom stereocenters. The van der Waals surface area contributed by atoms with E-state index in [0.29, 0.717) is 6.54 Å². The first-order chi connectivity index (χ1) is 8.34. The number of hydrogen-bond acceptors (Lipinski definition) is 4. The molecule has 0 radical (unpaired) electrons. The smallest absolute Gasteiger partial charge is 0.433 e. The van der Waals surface area contributed by atoms with E-state index in [1.54, 1.807) is 25.1 Å². The van der Waals surface area contributed by atoms with E-state index >= 15 is 0 Å². The summed E-state index contributed by atoms with van der Waals surface area (Å²) in [5.41, 5.74) is -1.08. The molecule has 0 spiro atoms. The van der Waals surface area contributed by atoms with Crippen molar-refractivity contribution in [1.29, 1.82) is 5.26 Å². The maximum absolute atomic E-state index is 12.4. The molecule has 18 heavy (non-hydrogen) atoms. The van der Waals surface area contributed by atoms with Crippen molar-refractivity contribution >= 4 is 0 Å². The Hall–Kier alpha value is -1.81. The van der Waals surface area contributed by atoms with Gasteiger partial charge in [0.25, 0.3) is 0 Å². The van der Waals surface area contributed by atoms with Crippen molar-refractivity contribution in [2.45, 2.75) is 6.18 Å². The third-order valence-electron chi connectivity index (χ3n) is 2.05. The summed E-state index contributed by atoms with van der Waals surface area (Å²) in [4.78, 5) is 5.13. The van der Waals surface area contributed by atoms with E-state index in [2.05, 4.69) is 4.98 Å².